The average molecular weight is 327 g/mol. The van der Waals surface area contributed by atoms with E-state index >= 15 is 0 Å². The minimum absolute atomic E-state index is 0.182. The lowest BCUT2D eigenvalue weighted by atomic mass is 9.83. The fourth-order valence-electron chi connectivity index (χ4n) is 2.44. The Hall–Kier alpha value is 0.230. The molecule has 3 nitrogen and oxygen atoms in total. The number of hydrogen-bond acceptors (Lipinski definition) is 2. The lowest BCUT2D eigenvalue weighted by Gasteiger charge is -2.37. The molecule has 1 saturated carbocycles. The van der Waals surface area contributed by atoms with E-state index in [-0.39, 0.29) is 18.2 Å². The Morgan fingerprint density at radius 2 is 2.00 bits per heavy atom. The van der Waals surface area contributed by atoms with Gasteiger partial charge in [0.1, 0.15) is 0 Å². The maximum absolute atomic E-state index is 11.6. The summed E-state index contributed by atoms with van der Waals surface area (Å²) in [5.41, 5.74) is 0. The second kappa shape index (κ2) is 3.67. The lowest BCUT2D eigenvalue weighted by molar-refractivity contribution is 0.0993. The van der Waals surface area contributed by atoms with Crippen LogP contribution in [0.2, 0.25) is 0 Å². The van der Waals surface area contributed by atoms with Gasteiger partial charge in [-0.2, -0.15) is 0 Å². The molecular weight excluding hydrogens is 314 g/mol. The third kappa shape index (κ3) is 1.24. The van der Waals surface area contributed by atoms with Gasteiger partial charge in [-0.1, -0.05) is 31.9 Å². The molecule has 2 aliphatic heterocycles. The molecular formula is C9H13Br2NO2. The molecule has 3 rings (SSSR count). The summed E-state index contributed by atoms with van der Waals surface area (Å²) >= 11 is 7.23. The third-order valence-corrected chi connectivity index (χ3v) is 5.49. The highest BCUT2D eigenvalue weighted by atomic mass is 79.9. The molecule has 0 radical (unpaired) electrons. The standard InChI is InChI=1S/C9H13Br2NO2/c1-3-14-9(13)12-4(2)5-6(10)8(12)7(5)11/h4-8H,3H2,1-2H3/t4-,5?,6-,7+,8?/m0/s1. The number of nitrogens with zero attached hydrogens (tertiary/aromatic N) is 1. The van der Waals surface area contributed by atoms with Crippen LogP contribution in [0.15, 0.2) is 0 Å². The fourth-order valence-corrected chi connectivity index (χ4v) is 5.97. The molecule has 0 aromatic heterocycles. The molecule has 80 valence electrons. The van der Waals surface area contributed by atoms with Gasteiger partial charge >= 0.3 is 6.09 Å². The smallest absolute Gasteiger partial charge is 0.410 e. The van der Waals surface area contributed by atoms with Crippen LogP contribution in [0, 0.1) is 5.92 Å². The minimum atomic E-state index is -0.182. The second-order valence-corrected chi connectivity index (χ2v) is 5.92. The van der Waals surface area contributed by atoms with E-state index in [9.17, 15) is 4.79 Å². The number of hydrogen-bond donors (Lipinski definition) is 0. The number of carbonyl (C=O) groups is 1. The maximum atomic E-state index is 11.6. The van der Waals surface area contributed by atoms with E-state index in [1.807, 2.05) is 11.8 Å². The van der Waals surface area contributed by atoms with Crippen LogP contribution >= 0.6 is 31.9 Å². The third-order valence-electron chi connectivity index (χ3n) is 3.18. The molecule has 5 atom stereocenters. The van der Waals surface area contributed by atoms with Crippen LogP contribution in [0.5, 0.6) is 0 Å². The molecule has 3 fully saturated rings. The highest BCUT2D eigenvalue weighted by Crippen LogP contribution is 2.53. The number of alkyl halides is 2. The molecule has 1 aliphatic carbocycles. The van der Waals surface area contributed by atoms with Gasteiger partial charge in [0.15, 0.2) is 0 Å². The van der Waals surface area contributed by atoms with E-state index in [0.29, 0.717) is 22.2 Å². The van der Waals surface area contributed by atoms with E-state index in [4.69, 9.17) is 4.74 Å². The van der Waals surface area contributed by atoms with Gasteiger partial charge < -0.3 is 4.74 Å². The summed E-state index contributed by atoms with van der Waals surface area (Å²) in [5.74, 6) is 0.518. The van der Waals surface area contributed by atoms with Crippen molar-refractivity contribution in [1.29, 1.82) is 0 Å². The zero-order chi connectivity index (χ0) is 10.5. The number of rotatable bonds is 1. The van der Waals surface area contributed by atoms with Crippen molar-refractivity contribution < 1.29 is 9.53 Å². The molecule has 2 unspecified atom stereocenters. The monoisotopic (exact) mass is 325 g/mol. The van der Waals surface area contributed by atoms with Crippen molar-refractivity contribution >= 4 is 38.0 Å². The highest BCUT2D eigenvalue weighted by molar-refractivity contribution is 9.10. The summed E-state index contributed by atoms with van der Waals surface area (Å²) in [6, 6.07) is 0.529. The Balaban J connectivity index is 2.11. The summed E-state index contributed by atoms with van der Waals surface area (Å²) in [6.45, 7) is 4.36. The Morgan fingerprint density at radius 1 is 1.43 bits per heavy atom. The van der Waals surface area contributed by atoms with E-state index in [0.717, 1.165) is 0 Å². The number of amides is 1. The largest absolute Gasteiger partial charge is 0.450 e. The zero-order valence-electron chi connectivity index (χ0n) is 8.11. The van der Waals surface area contributed by atoms with E-state index in [1.54, 1.807) is 0 Å². The van der Waals surface area contributed by atoms with E-state index < -0.39 is 0 Å². The first-order valence-electron chi connectivity index (χ1n) is 4.82. The van der Waals surface area contributed by atoms with E-state index in [1.165, 1.54) is 0 Å². The quantitative estimate of drug-likeness (QED) is 0.692. The van der Waals surface area contributed by atoms with Gasteiger partial charge in [-0.15, -0.1) is 0 Å². The Labute approximate surface area is 100 Å². The van der Waals surface area contributed by atoms with E-state index in [2.05, 4.69) is 38.8 Å². The van der Waals surface area contributed by atoms with Crippen LogP contribution in [0.3, 0.4) is 0 Å². The van der Waals surface area contributed by atoms with Crippen LogP contribution in [0.1, 0.15) is 13.8 Å². The second-order valence-electron chi connectivity index (χ2n) is 3.80. The van der Waals surface area contributed by atoms with Gasteiger partial charge in [0.25, 0.3) is 0 Å². The van der Waals surface area contributed by atoms with Crippen molar-refractivity contribution in [1.82, 2.24) is 4.90 Å². The summed E-state index contributed by atoms with van der Waals surface area (Å²) in [6.07, 6.45) is -0.182. The van der Waals surface area contributed by atoms with Crippen molar-refractivity contribution in [3.63, 3.8) is 0 Å². The maximum Gasteiger partial charge on any atom is 0.410 e. The molecule has 0 N–H and O–H groups in total. The molecule has 1 amide bonds. The van der Waals surface area contributed by atoms with Crippen molar-refractivity contribution in [2.75, 3.05) is 6.61 Å². The first kappa shape index (κ1) is 10.7. The van der Waals surface area contributed by atoms with Gasteiger partial charge in [-0.05, 0) is 13.8 Å². The molecule has 0 aromatic carbocycles. The minimum Gasteiger partial charge on any atom is -0.450 e. The first-order valence-corrected chi connectivity index (χ1v) is 6.66. The molecule has 14 heavy (non-hydrogen) atoms. The van der Waals surface area contributed by atoms with Crippen LogP contribution in [0.4, 0.5) is 4.79 Å². The zero-order valence-corrected chi connectivity index (χ0v) is 11.3. The predicted molar refractivity (Wildman–Crippen MR) is 61.0 cm³/mol. The lowest BCUT2D eigenvalue weighted by Crippen LogP contribution is -2.51. The molecule has 2 heterocycles. The Morgan fingerprint density at radius 3 is 2.36 bits per heavy atom. The summed E-state index contributed by atoms with van der Waals surface area (Å²) in [5, 5.41) is 0. The molecule has 2 saturated heterocycles. The Kier molecular flexibility index (Phi) is 2.81. The van der Waals surface area contributed by atoms with Gasteiger partial charge in [0.2, 0.25) is 0 Å². The summed E-state index contributed by atoms with van der Waals surface area (Å²) < 4.78 is 5.04. The van der Waals surface area contributed by atoms with Gasteiger partial charge in [0.05, 0.1) is 12.6 Å². The number of carbonyl (C=O) groups excluding carboxylic acids is 1. The van der Waals surface area contributed by atoms with Crippen molar-refractivity contribution in [2.45, 2.75) is 35.6 Å². The van der Waals surface area contributed by atoms with Gasteiger partial charge in [-0.25, -0.2) is 4.79 Å². The molecule has 2 bridgehead atoms. The number of fused-ring (bicyclic) bond motifs is 1. The summed E-state index contributed by atoms with van der Waals surface area (Å²) in [4.78, 5) is 14.3. The first-order chi connectivity index (χ1) is 6.59. The van der Waals surface area contributed by atoms with Crippen LogP contribution in [-0.2, 0) is 4.74 Å². The molecule has 0 spiro atoms. The van der Waals surface area contributed by atoms with Gasteiger partial charge in [0, 0.05) is 21.6 Å². The fraction of sp³-hybridized carbons (Fsp3) is 0.889. The SMILES string of the molecule is CCOC(=O)N1C2[C@H](Br)C([C@@H]2Br)[C@@H]1C. The molecule has 5 heteroatoms. The number of ether oxygens (including phenoxy) is 1. The summed E-state index contributed by atoms with van der Waals surface area (Å²) in [7, 11) is 0. The van der Waals surface area contributed by atoms with Crippen LogP contribution < -0.4 is 0 Å². The van der Waals surface area contributed by atoms with Crippen LogP contribution in [0.25, 0.3) is 0 Å². The average Bonchev–Trinajstić information content (AvgIpc) is 2.54. The van der Waals surface area contributed by atoms with Crippen LogP contribution in [-0.4, -0.2) is 39.3 Å². The number of halogens is 2. The molecule has 3 aliphatic rings. The predicted octanol–water partition coefficient (Wildman–Crippen LogP) is 2.37. The Bertz CT molecular complexity index is 251. The topological polar surface area (TPSA) is 29.5 Å². The van der Waals surface area contributed by atoms with Crippen molar-refractivity contribution in [3.8, 4) is 0 Å². The van der Waals surface area contributed by atoms with Crippen molar-refractivity contribution in [3.05, 3.63) is 0 Å². The molecule has 0 aromatic rings. The van der Waals surface area contributed by atoms with Crippen molar-refractivity contribution in [2.24, 2.45) is 5.92 Å². The van der Waals surface area contributed by atoms with Gasteiger partial charge in [-0.3, -0.25) is 4.90 Å². The highest BCUT2D eigenvalue weighted by Gasteiger charge is 2.63. The normalized spacial score (nSPS) is 44.9.